The van der Waals surface area contributed by atoms with Crippen LogP contribution in [0.2, 0.25) is 0 Å². The van der Waals surface area contributed by atoms with Crippen molar-refractivity contribution in [2.24, 2.45) is 5.41 Å². The molecule has 1 aliphatic rings. The Morgan fingerprint density at radius 3 is 2.60 bits per heavy atom. The van der Waals surface area contributed by atoms with E-state index in [0.717, 1.165) is 12.1 Å². The number of hydrogen-bond acceptors (Lipinski definition) is 2. The average Bonchev–Trinajstić information content (AvgIpc) is 2.64. The molecule has 1 aromatic rings. The van der Waals surface area contributed by atoms with Gasteiger partial charge in [0.2, 0.25) is 0 Å². The molecule has 0 spiro atoms. The van der Waals surface area contributed by atoms with Gasteiger partial charge < -0.3 is 10.0 Å². The van der Waals surface area contributed by atoms with Gasteiger partial charge in [-0.25, -0.2) is 0 Å². The summed E-state index contributed by atoms with van der Waals surface area (Å²) in [7, 11) is 0. The van der Waals surface area contributed by atoms with Crippen LogP contribution in [-0.4, -0.2) is 29.1 Å². The molecule has 0 saturated carbocycles. The largest absolute Gasteiger partial charge is 0.388 e. The van der Waals surface area contributed by atoms with Gasteiger partial charge in [-0.15, -0.1) is 0 Å². The highest BCUT2D eigenvalue weighted by molar-refractivity contribution is 5.19. The second-order valence-corrected chi connectivity index (χ2v) is 6.97. The van der Waals surface area contributed by atoms with E-state index >= 15 is 0 Å². The number of nitrogens with zero attached hydrogens (tertiary/aromatic N) is 1. The maximum Gasteiger partial charge on any atom is 0.0853 e. The van der Waals surface area contributed by atoms with Crippen molar-refractivity contribution < 1.29 is 5.11 Å². The summed E-state index contributed by atoms with van der Waals surface area (Å²) in [5.74, 6) is 0. The van der Waals surface area contributed by atoms with Crippen LogP contribution in [0.5, 0.6) is 0 Å². The molecule has 1 aromatic carbocycles. The maximum atomic E-state index is 10.7. The fraction of sp³-hybridized carbons (Fsp3) is 0.667. The molecule has 2 unspecified atom stereocenters. The molecule has 0 bridgehead atoms. The topological polar surface area (TPSA) is 23.5 Å². The van der Waals surface area contributed by atoms with Gasteiger partial charge in [0.05, 0.1) is 6.10 Å². The molecule has 2 heteroatoms. The molecule has 1 heterocycles. The summed E-state index contributed by atoms with van der Waals surface area (Å²) in [5.41, 5.74) is 0.903. The lowest BCUT2D eigenvalue weighted by Crippen LogP contribution is -2.42. The molecule has 1 aliphatic heterocycles. The molecule has 0 aromatic heterocycles. The first kappa shape index (κ1) is 15.5. The van der Waals surface area contributed by atoms with Crippen LogP contribution in [0.15, 0.2) is 30.3 Å². The number of aliphatic hydroxyl groups excluding tert-OH is 1. The smallest absolute Gasteiger partial charge is 0.0853 e. The Balaban J connectivity index is 2.05. The van der Waals surface area contributed by atoms with Gasteiger partial charge in [0.25, 0.3) is 0 Å². The number of likely N-dealkylation sites (tertiary alicyclic amines) is 1. The highest BCUT2D eigenvalue weighted by Crippen LogP contribution is 2.35. The van der Waals surface area contributed by atoms with E-state index in [9.17, 15) is 5.11 Å². The van der Waals surface area contributed by atoms with Crippen molar-refractivity contribution in [1.29, 1.82) is 0 Å². The monoisotopic (exact) mass is 275 g/mol. The number of rotatable bonds is 4. The minimum absolute atomic E-state index is 0.125. The van der Waals surface area contributed by atoms with Gasteiger partial charge >= 0.3 is 0 Å². The molecule has 20 heavy (non-hydrogen) atoms. The van der Waals surface area contributed by atoms with Crippen LogP contribution in [0.1, 0.15) is 58.1 Å². The summed E-state index contributed by atoms with van der Waals surface area (Å²) in [6.45, 7) is 8.83. The molecule has 0 radical (unpaired) electrons. The minimum atomic E-state index is -0.404. The zero-order valence-corrected chi connectivity index (χ0v) is 13.2. The Bertz CT molecular complexity index is 401. The molecule has 1 N–H and O–H groups in total. The van der Waals surface area contributed by atoms with Gasteiger partial charge in [-0.3, -0.25) is 0 Å². The first-order chi connectivity index (χ1) is 9.50. The van der Waals surface area contributed by atoms with Crippen molar-refractivity contribution >= 4 is 0 Å². The highest BCUT2D eigenvalue weighted by Gasteiger charge is 2.32. The first-order valence-corrected chi connectivity index (χ1v) is 7.98. The van der Waals surface area contributed by atoms with E-state index in [2.05, 4.69) is 25.7 Å². The summed E-state index contributed by atoms with van der Waals surface area (Å²) in [6, 6.07) is 10.7. The minimum Gasteiger partial charge on any atom is -0.388 e. The van der Waals surface area contributed by atoms with Crippen LogP contribution in [0.3, 0.4) is 0 Å². The average molecular weight is 275 g/mol. The molecule has 112 valence electrons. The van der Waals surface area contributed by atoms with Crippen molar-refractivity contribution in [1.82, 2.24) is 4.90 Å². The van der Waals surface area contributed by atoms with E-state index in [-0.39, 0.29) is 5.41 Å². The zero-order valence-electron chi connectivity index (χ0n) is 13.2. The van der Waals surface area contributed by atoms with Crippen molar-refractivity contribution in [3.8, 4) is 0 Å². The van der Waals surface area contributed by atoms with Gasteiger partial charge in [-0.1, -0.05) is 57.0 Å². The van der Waals surface area contributed by atoms with Gasteiger partial charge in [0.1, 0.15) is 0 Å². The summed E-state index contributed by atoms with van der Waals surface area (Å²) in [6.07, 6.45) is 4.88. The molecule has 0 aliphatic carbocycles. The Hall–Kier alpha value is -0.860. The van der Waals surface area contributed by atoms with Crippen LogP contribution in [0.25, 0.3) is 0 Å². The standard InChI is InChI=1S/C18H29NO/c1-15-10-6-5-9-13-19(15)14-18(2,3)17(20)16-11-7-4-8-12-16/h4,7-8,11-12,15,17,20H,5-6,9-10,13-14H2,1-3H3. The predicted octanol–water partition coefficient (Wildman–Crippen LogP) is 4.01. The fourth-order valence-electron chi connectivity index (χ4n) is 3.27. The van der Waals surface area contributed by atoms with Crippen LogP contribution in [-0.2, 0) is 0 Å². The van der Waals surface area contributed by atoms with Crippen LogP contribution in [0, 0.1) is 5.41 Å². The van der Waals surface area contributed by atoms with Crippen molar-refractivity contribution in [2.75, 3.05) is 13.1 Å². The molecule has 1 fully saturated rings. The second-order valence-electron chi connectivity index (χ2n) is 6.97. The number of benzene rings is 1. The first-order valence-electron chi connectivity index (χ1n) is 7.98. The van der Waals surface area contributed by atoms with Gasteiger partial charge in [-0.2, -0.15) is 0 Å². The summed E-state index contributed by atoms with van der Waals surface area (Å²) in [4.78, 5) is 2.57. The maximum absolute atomic E-state index is 10.7. The van der Waals surface area contributed by atoms with Crippen molar-refractivity contribution in [3.05, 3.63) is 35.9 Å². The summed E-state index contributed by atoms with van der Waals surface area (Å²) < 4.78 is 0. The third kappa shape index (κ3) is 3.83. The van der Waals surface area contributed by atoms with Crippen molar-refractivity contribution in [3.63, 3.8) is 0 Å². The molecular formula is C18H29NO. The molecule has 2 rings (SSSR count). The highest BCUT2D eigenvalue weighted by atomic mass is 16.3. The number of aliphatic hydroxyl groups is 1. The molecular weight excluding hydrogens is 246 g/mol. The van der Waals surface area contributed by atoms with Crippen LogP contribution in [0.4, 0.5) is 0 Å². The lowest BCUT2D eigenvalue weighted by Gasteiger charge is -2.38. The summed E-state index contributed by atoms with van der Waals surface area (Å²) >= 11 is 0. The quantitative estimate of drug-likeness (QED) is 0.897. The lowest BCUT2D eigenvalue weighted by molar-refractivity contribution is 0.0116. The van der Waals surface area contributed by atoms with E-state index in [1.807, 2.05) is 30.3 Å². The van der Waals surface area contributed by atoms with Gasteiger partial charge in [-0.05, 0) is 31.9 Å². The van der Waals surface area contributed by atoms with Gasteiger partial charge in [0, 0.05) is 18.0 Å². The molecule has 2 nitrogen and oxygen atoms in total. The van der Waals surface area contributed by atoms with E-state index < -0.39 is 6.10 Å². The SMILES string of the molecule is CC1CCCCCN1CC(C)(C)C(O)c1ccccc1. The lowest BCUT2D eigenvalue weighted by atomic mass is 9.81. The third-order valence-electron chi connectivity index (χ3n) is 4.66. The fourth-order valence-corrected chi connectivity index (χ4v) is 3.27. The van der Waals surface area contributed by atoms with Crippen LogP contribution < -0.4 is 0 Å². The Morgan fingerprint density at radius 1 is 1.20 bits per heavy atom. The van der Waals surface area contributed by atoms with E-state index in [1.165, 1.54) is 32.2 Å². The predicted molar refractivity (Wildman–Crippen MR) is 84.7 cm³/mol. The number of hydrogen-bond donors (Lipinski definition) is 1. The van der Waals surface area contributed by atoms with Crippen LogP contribution >= 0.6 is 0 Å². The van der Waals surface area contributed by atoms with Crippen molar-refractivity contribution in [2.45, 2.75) is 58.6 Å². The van der Waals surface area contributed by atoms with E-state index in [1.54, 1.807) is 0 Å². The van der Waals surface area contributed by atoms with Gasteiger partial charge in [0.15, 0.2) is 0 Å². The molecule has 0 amide bonds. The Kier molecular flexibility index (Phi) is 5.22. The zero-order chi connectivity index (χ0) is 14.6. The Labute approximate surface area is 123 Å². The molecule has 1 saturated heterocycles. The third-order valence-corrected chi connectivity index (χ3v) is 4.66. The normalized spacial score (nSPS) is 23.3. The van der Waals surface area contributed by atoms with E-state index in [4.69, 9.17) is 0 Å². The second kappa shape index (κ2) is 6.73. The summed E-state index contributed by atoms with van der Waals surface area (Å²) in [5, 5.41) is 10.7. The Morgan fingerprint density at radius 2 is 1.90 bits per heavy atom. The molecule has 2 atom stereocenters. The van der Waals surface area contributed by atoms with E-state index in [0.29, 0.717) is 6.04 Å².